The molecule has 2 fully saturated rings. The molecular formula is C28H27F3N4O. The molecule has 2 heterocycles. The number of nitrogens with zero attached hydrogens (tertiary/aromatic N) is 2. The summed E-state index contributed by atoms with van der Waals surface area (Å²) in [5.74, 6) is 0.787. The van der Waals surface area contributed by atoms with E-state index in [-0.39, 0.29) is 11.4 Å². The summed E-state index contributed by atoms with van der Waals surface area (Å²) >= 11 is 0. The molecule has 0 radical (unpaired) electrons. The molecule has 5 rings (SSSR count). The fraction of sp³-hybridized carbons (Fsp3) is 0.321. The van der Waals surface area contributed by atoms with Gasteiger partial charge in [-0.1, -0.05) is 23.8 Å². The van der Waals surface area contributed by atoms with Crippen LogP contribution < -0.4 is 10.6 Å². The molecule has 2 saturated carbocycles. The number of carbonyl (C=O) groups excluding carboxylic acids is 1. The number of hydrogen-bond acceptors (Lipinski definition) is 4. The third kappa shape index (κ3) is 5.42. The number of aromatic nitrogens is 2. The number of nitrogens with one attached hydrogen (secondary N) is 2. The van der Waals surface area contributed by atoms with E-state index in [2.05, 4.69) is 26.7 Å². The van der Waals surface area contributed by atoms with Crippen molar-refractivity contribution in [2.75, 3.05) is 5.32 Å². The zero-order valence-electron chi connectivity index (χ0n) is 19.7. The van der Waals surface area contributed by atoms with E-state index in [4.69, 9.17) is 0 Å². The topological polar surface area (TPSA) is 66.9 Å². The Bertz CT molecular complexity index is 1260. The Labute approximate surface area is 207 Å². The molecule has 186 valence electrons. The average molecular weight is 493 g/mol. The highest BCUT2D eigenvalue weighted by Crippen LogP contribution is 2.48. The number of benzene rings is 1. The molecule has 1 aromatic carbocycles. The van der Waals surface area contributed by atoms with Crippen molar-refractivity contribution in [1.29, 1.82) is 0 Å². The predicted octanol–water partition coefficient (Wildman–Crippen LogP) is 6.47. The predicted molar refractivity (Wildman–Crippen MR) is 132 cm³/mol. The molecular weight excluding hydrogens is 465 g/mol. The number of anilines is 2. The van der Waals surface area contributed by atoms with Crippen LogP contribution in [0.1, 0.15) is 53.6 Å². The van der Waals surface area contributed by atoms with Gasteiger partial charge in [-0.15, -0.1) is 0 Å². The molecule has 2 aliphatic carbocycles. The first-order valence-electron chi connectivity index (χ1n) is 12.1. The molecule has 5 nitrogen and oxygen atoms in total. The second-order valence-electron chi connectivity index (χ2n) is 9.65. The van der Waals surface area contributed by atoms with Gasteiger partial charge in [0.15, 0.2) is 0 Å². The van der Waals surface area contributed by atoms with Crippen molar-refractivity contribution in [3.63, 3.8) is 0 Å². The van der Waals surface area contributed by atoms with Crippen molar-refractivity contribution in [2.24, 2.45) is 5.92 Å². The summed E-state index contributed by atoms with van der Waals surface area (Å²) in [6.07, 6.45) is 7.69. The van der Waals surface area contributed by atoms with Crippen LogP contribution in [0.2, 0.25) is 0 Å². The Morgan fingerprint density at radius 3 is 2.75 bits per heavy atom. The molecule has 2 atom stereocenters. The van der Waals surface area contributed by atoms with Gasteiger partial charge in [0.1, 0.15) is 5.82 Å². The van der Waals surface area contributed by atoms with E-state index >= 15 is 0 Å². The molecule has 2 unspecified atom stereocenters. The lowest BCUT2D eigenvalue weighted by atomic mass is 9.79. The van der Waals surface area contributed by atoms with Crippen molar-refractivity contribution >= 4 is 17.4 Å². The van der Waals surface area contributed by atoms with Crippen molar-refractivity contribution in [1.82, 2.24) is 15.3 Å². The number of allylic oxidation sites excluding steroid dienone is 2. The third-order valence-electron chi connectivity index (χ3n) is 7.22. The number of rotatable bonds is 6. The average Bonchev–Trinajstić information content (AvgIpc) is 3.21. The van der Waals surface area contributed by atoms with Crippen LogP contribution >= 0.6 is 0 Å². The normalized spacial score (nSPS) is 22.4. The lowest BCUT2D eigenvalue weighted by Gasteiger charge is -2.35. The molecule has 0 saturated heterocycles. The Morgan fingerprint density at radius 1 is 1.11 bits per heavy atom. The van der Waals surface area contributed by atoms with E-state index in [9.17, 15) is 18.0 Å². The lowest BCUT2D eigenvalue weighted by Crippen LogP contribution is -2.48. The van der Waals surface area contributed by atoms with Gasteiger partial charge in [0.25, 0.3) is 5.91 Å². The standard InChI is InChI=1S/C28H27F3N4O/c29-28(30,31)23-8-9-25(33-18-23)34-24-5-1-3-19(15-24)6-7-20-10-12-27(13-11-21(20)16-27)35-26(36)22-4-2-14-32-17-22/h1-5,7-9,14-15,17-18,21H,6,10-13,16H2,(H,33,34)(H,35,36). The third-order valence-corrected chi connectivity index (χ3v) is 7.22. The SMILES string of the molecule is O=C(NC12CCC(=CCc3cccc(Nc4ccc(C(F)(F)F)cn4)c3)C(CC1)C2)c1cccnc1. The minimum Gasteiger partial charge on any atom is -0.347 e. The van der Waals surface area contributed by atoms with E-state index < -0.39 is 11.7 Å². The molecule has 36 heavy (non-hydrogen) atoms. The van der Waals surface area contributed by atoms with Gasteiger partial charge in [-0.2, -0.15) is 13.2 Å². The number of alkyl halides is 3. The second-order valence-corrected chi connectivity index (χ2v) is 9.65. The van der Waals surface area contributed by atoms with Gasteiger partial charge in [-0.25, -0.2) is 4.98 Å². The fourth-order valence-corrected chi connectivity index (χ4v) is 5.32. The van der Waals surface area contributed by atoms with E-state index in [0.717, 1.165) is 62.0 Å². The van der Waals surface area contributed by atoms with Crippen molar-refractivity contribution in [3.8, 4) is 0 Å². The number of hydrogen-bond donors (Lipinski definition) is 2. The van der Waals surface area contributed by atoms with Crippen LogP contribution in [-0.4, -0.2) is 21.4 Å². The maximum Gasteiger partial charge on any atom is 0.417 e. The van der Waals surface area contributed by atoms with E-state index in [1.165, 1.54) is 11.6 Å². The summed E-state index contributed by atoms with van der Waals surface area (Å²) in [5, 5.41) is 6.37. The second kappa shape index (κ2) is 9.76. The smallest absolute Gasteiger partial charge is 0.347 e. The summed E-state index contributed by atoms with van der Waals surface area (Å²) in [6, 6.07) is 13.7. The van der Waals surface area contributed by atoms with Gasteiger partial charge in [0.05, 0.1) is 11.1 Å². The molecule has 2 aliphatic rings. The van der Waals surface area contributed by atoms with E-state index in [1.807, 2.05) is 24.3 Å². The summed E-state index contributed by atoms with van der Waals surface area (Å²) in [6.45, 7) is 0. The van der Waals surface area contributed by atoms with Gasteiger partial charge < -0.3 is 10.6 Å². The highest BCUT2D eigenvalue weighted by atomic mass is 19.4. The van der Waals surface area contributed by atoms with E-state index in [0.29, 0.717) is 17.3 Å². The molecule has 0 spiro atoms. The van der Waals surface area contributed by atoms with Crippen LogP contribution in [0, 0.1) is 5.92 Å². The molecule has 2 aromatic heterocycles. The van der Waals surface area contributed by atoms with Gasteiger partial charge in [-0.05, 0) is 86.4 Å². The van der Waals surface area contributed by atoms with Crippen LogP contribution in [0.15, 0.2) is 78.8 Å². The van der Waals surface area contributed by atoms with Crippen LogP contribution in [0.3, 0.4) is 0 Å². The Morgan fingerprint density at radius 2 is 2.00 bits per heavy atom. The first-order chi connectivity index (χ1) is 17.3. The number of halogens is 3. The quantitative estimate of drug-likeness (QED) is 0.387. The highest BCUT2D eigenvalue weighted by Gasteiger charge is 2.44. The van der Waals surface area contributed by atoms with Crippen molar-refractivity contribution in [2.45, 2.75) is 50.2 Å². The molecule has 3 aromatic rings. The number of carbonyl (C=O) groups is 1. The molecule has 2 bridgehead atoms. The maximum atomic E-state index is 12.8. The first-order valence-corrected chi connectivity index (χ1v) is 12.1. The Balaban J connectivity index is 1.19. The molecule has 2 N–H and O–H groups in total. The molecule has 1 amide bonds. The minimum atomic E-state index is -4.40. The first kappa shape index (κ1) is 24.0. The van der Waals surface area contributed by atoms with Gasteiger partial charge in [0.2, 0.25) is 0 Å². The number of fused-ring (bicyclic) bond motifs is 2. The Kier molecular flexibility index (Phi) is 6.51. The van der Waals surface area contributed by atoms with Crippen molar-refractivity contribution < 1.29 is 18.0 Å². The van der Waals surface area contributed by atoms with Gasteiger partial charge >= 0.3 is 6.18 Å². The minimum absolute atomic E-state index is 0.0527. The number of pyridine rings is 2. The summed E-state index contributed by atoms with van der Waals surface area (Å²) < 4.78 is 38.3. The summed E-state index contributed by atoms with van der Waals surface area (Å²) in [4.78, 5) is 20.6. The van der Waals surface area contributed by atoms with Crippen molar-refractivity contribution in [3.05, 3.63) is 95.5 Å². The summed E-state index contributed by atoms with van der Waals surface area (Å²) in [7, 11) is 0. The lowest BCUT2D eigenvalue weighted by molar-refractivity contribution is -0.137. The highest BCUT2D eigenvalue weighted by molar-refractivity contribution is 5.94. The molecule has 0 aliphatic heterocycles. The van der Waals surface area contributed by atoms with Crippen LogP contribution in [0.5, 0.6) is 0 Å². The maximum absolute atomic E-state index is 12.8. The largest absolute Gasteiger partial charge is 0.417 e. The fourth-order valence-electron chi connectivity index (χ4n) is 5.32. The zero-order chi connectivity index (χ0) is 25.2. The van der Waals surface area contributed by atoms with Crippen LogP contribution in [0.25, 0.3) is 0 Å². The summed E-state index contributed by atoms with van der Waals surface area (Å²) in [5.41, 5.74) is 3.03. The van der Waals surface area contributed by atoms with Crippen LogP contribution in [-0.2, 0) is 12.6 Å². The zero-order valence-corrected chi connectivity index (χ0v) is 19.7. The number of amides is 1. The monoisotopic (exact) mass is 492 g/mol. The van der Waals surface area contributed by atoms with Gasteiger partial charge in [-0.3, -0.25) is 9.78 Å². The van der Waals surface area contributed by atoms with Gasteiger partial charge in [0, 0.05) is 29.8 Å². The molecule has 8 heteroatoms. The Hall–Kier alpha value is -3.68. The van der Waals surface area contributed by atoms with E-state index in [1.54, 1.807) is 24.5 Å². The van der Waals surface area contributed by atoms with Crippen LogP contribution in [0.4, 0.5) is 24.7 Å².